The molecule has 0 unspecified atom stereocenters. The molecule has 1 atom stereocenters. The number of benzene rings is 2. The third kappa shape index (κ3) is 2.46. The van der Waals surface area contributed by atoms with E-state index in [4.69, 9.17) is 0 Å². The average Bonchev–Trinajstić information content (AvgIpc) is 3.32. The highest BCUT2D eigenvalue weighted by atomic mass is 16.1. The van der Waals surface area contributed by atoms with Gasteiger partial charge in [0.25, 0.3) is 0 Å². The number of carbonyl (C=O) groups is 2. The Bertz CT molecular complexity index is 951. The first-order chi connectivity index (χ1) is 12.6. The predicted octanol–water partition coefficient (Wildman–Crippen LogP) is 4.46. The van der Waals surface area contributed by atoms with Crippen molar-refractivity contribution < 1.29 is 9.59 Å². The number of hydrogen-bond donors (Lipinski definition) is 0. The molecule has 132 valence electrons. The van der Waals surface area contributed by atoms with Crippen LogP contribution in [0.15, 0.2) is 24.3 Å². The fraction of sp³-hybridized carbons (Fsp3) is 0.417. The summed E-state index contributed by atoms with van der Waals surface area (Å²) in [7, 11) is 0. The Labute approximate surface area is 154 Å². The Morgan fingerprint density at radius 2 is 1.65 bits per heavy atom. The van der Waals surface area contributed by atoms with Gasteiger partial charge in [0.1, 0.15) is 0 Å². The Balaban J connectivity index is 1.45. The quantitative estimate of drug-likeness (QED) is 0.770. The van der Waals surface area contributed by atoms with Crippen LogP contribution in [-0.4, -0.2) is 11.6 Å². The summed E-state index contributed by atoms with van der Waals surface area (Å²) >= 11 is 0. The number of carbonyl (C=O) groups excluding carboxylic acids is 2. The van der Waals surface area contributed by atoms with Crippen molar-refractivity contribution in [3.05, 3.63) is 68.8 Å². The normalized spacial score (nSPS) is 20.2. The van der Waals surface area contributed by atoms with Crippen molar-refractivity contribution >= 4 is 11.6 Å². The molecule has 0 saturated heterocycles. The molecule has 0 aromatic heterocycles. The summed E-state index contributed by atoms with van der Waals surface area (Å²) in [5.74, 6) is 0.494. The maximum Gasteiger partial charge on any atom is 0.166 e. The maximum atomic E-state index is 13.0. The molecular weight excluding hydrogens is 320 g/mol. The van der Waals surface area contributed by atoms with E-state index in [1.165, 1.54) is 34.2 Å². The standard InChI is InChI=1S/C24H24O2/c1-14(25)22-10-15(8-18-6-3-7-21(18)22)9-20-12-19-11-16-4-2-5-17(16)13-23(19)24(20)26/h8,10-11,13,20H,2-7,9,12H2,1H3/t20-/m0/s1. The predicted molar refractivity (Wildman–Crippen MR) is 102 cm³/mol. The van der Waals surface area contributed by atoms with Gasteiger partial charge in [-0.25, -0.2) is 0 Å². The third-order valence-corrected chi connectivity index (χ3v) is 6.56. The van der Waals surface area contributed by atoms with Crippen LogP contribution >= 0.6 is 0 Å². The van der Waals surface area contributed by atoms with Gasteiger partial charge in [-0.15, -0.1) is 0 Å². The zero-order chi connectivity index (χ0) is 17.8. The zero-order valence-electron chi connectivity index (χ0n) is 15.4. The molecule has 2 aromatic rings. The topological polar surface area (TPSA) is 34.1 Å². The maximum absolute atomic E-state index is 13.0. The van der Waals surface area contributed by atoms with E-state index < -0.39 is 0 Å². The third-order valence-electron chi connectivity index (χ3n) is 6.56. The molecule has 3 aliphatic carbocycles. The minimum absolute atomic E-state index is 0.0341. The van der Waals surface area contributed by atoms with Crippen LogP contribution in [0.2, 0.25) is 0 Å². The van der Waals surface area contributed by atoms with Crippen molar-refractivity contribution in [2.24, 2.45) is 5.92 Å². The highest BCUT2D eigenvalue weighted by molar-refractivity contribution is 6.03. The molecule has 26 heavy (non-hydrogen) atoms. The van der Waals surface area contributed by atoms with Crippen molar-refractivity contribution in [2.45, 2.75) is 58.3 Å². The second-order valence-electron chi connectivity index (χ2n) is 8.29. The van der Waals surface area contributed by atoms with Gasteiger partial charge >= 0.3 is 0 Å². The first-order valence-corrected chi connectivity index (χ1v) is 9.94. The van der Waals surface area contributed by atoms with Gasteiger partial charge in [0, 0.05) is 17.0 Å². The van der Waals surface area contributed by atoms with E-state index in [1.807, 2.05) is 0 Å². The van der Waals surface area contributed by atoms with Crippen molar-refractivity contribution in [3.8, 4) is 0 Å². The summed E-state index contributed by atoms with van der Waals surface area (Å²) in [6.45, 7) is 1.66. The lowest BCUT2D eigenvalue weighted by molar-refractivity contribution is 0.0936. The Kier molecular flexibility index (Phi) is 3.63. The lowest BCUT2D eigenvalue weighted by Gasteiger charge is -2.13. The molecule has 0 heterocycles. The Morgan fingerprint density at radius 1 is 0.923 bits per heavy atom. The largest absolute Gasteiger partial charge is 0.295 e. The lowest BCUT2D eigenvalue weighted by atomic mass is 9.90. The van der Waals surface area contributed by atoms with Gasteiger partial charge in [-0.2, -0.15) is 0 Å². The molecule has 0 bridgehead atoms. The number of fused-ring (bicyclic) bond motifs is 3. The first kappa shape index (κ1) is 16.0. The minimum Gasteiger partial charge on any atom is -0.295 e. The molecule has 0 saturated carbocycles. The molecule has 2 heteroatoms. The summed E-state index contributed by atoms with van der Waals surface area (Å²) in [6, 6.07) is 8.77. The smallest absolute Gasteiger partial charge is 0.166 e. The van der Waals surface area contributed by atoms with Crippen LogP contribution < -0.4 is 0 Å². The number of ketones is 2. The molecular formula is C24H24O2. The second kappa shape index (κ2) is 5.90. The van der Waals surface area contributed by atoms with E-state index in [0.29, 0.717) is 5.78 Å². The van der Waals surface area contributed by atoms with Gasteiger partial charge < -0.3 is 0 Å². The van der Waals surface area contributed by atoms with Gasteiger partial charge in [0.15, 0.2) is 11.6 Å². The molecule has 3 aliphatic rings. The Morgan fingerprint density at radius 3 is 2.46 bits per heavy atom. The number of rotatable bonds is 3. The van der Waals surface area contributed by atoms with Crippen molar-refractivity contribution in [1.82, 2.24) is 0 Å². The summed E-state index contributed by atoms with van der Waals surface area (Å²) in [5, 5.41) is 0. The van der Waals surface area contributed by atoms with Crippen LogP contribution in [0.5, 0.6) is 0 Å². The van der Waals surface area contributed by atoms with Crippen molar-refractivity contribution in [1.29, 1.82) is 0 Å². The van der Waals surface area contributed by atoms with Crippen molar-refractivity contribution in [3.63, 3.8) is 0 Å². The molecule has 0 aliphatic heterocycles. The molecule has 2 nitrogen and oxygen atoms in total. The Hall–Kier alpha value is -2.22. The number of hydrogen-bond acceptors (Lipinski definition) is 2. The van der Waals surface area contributed by atoms with E-state index >= 15 is 0 Å². The van der Waals surface area contributed by atoms with Gasteiger partial charge in [-0.1, -0.05) is 12.1 Å². The SMILES string of the molecule is CC(=O)c1cc(C[C@H]2Cc3cc4c(cc3C2=O)CCC4)cc2c1CCC2. The van der Waals surface area contributed by atoms with E-state index in [2.05, 4.69) is 24.3 Å². The fourth-order valence-corrected chi connectivity index (χ4v) is 5.30. The highest BCUT2D eigenvalue weighted by Crippen LogP contribution is 2.35. The first-order valence-electron chi connectivity index (χ1n) is 9.94. The van der Waals surface area contributed by atoms with Crippen LogP contribution in [0, 0.1) is 5.92 Å². The summed E-state index contributed by atoms with van der Waals surface area (Å²) in [4.78, 5) is 25.1. The molecule has 2 aromatic carbocycles. The summed E-state index contributed by atoms with van der Waals surface area (Å²) in [6.07, 6.45) is 8.33. The molecule has 0 radical (unpaired) electrons. The molecule has 0 amide bonds. The van der Waals surface area contributed by atoms with Gasteiger partial charge in [0.05, 0.1) is 0 Å². The molecule has 5 rings (SSSR count). The summed E-state index contributed by atoms with van der Waals surface area (Å²) in [5.41, 5.74) is 9.67. The van der Waals surface area contributed by atoms with E-state index in [1.54, 1.807) is 6.92 Å². The summed E-state index contributed by atoms with van der Waals surface area (Å²) < 4.78 is 0. The number of Topliss-reactive ketones (excluding diaryl/α,β-unsaturated/α-hetero) is 2. The molecule has 0 fully saturated rings. The molecule has 0 N–H and O–H groups in total. The molecule has 0 spiro atoms. The minimum atomic E-state index is 0.0341. The highest BCUT2D eigenvalue weighted by Gasteiger charge is 2.32. The van der Waals surface area contributed by atoms with Crippen molar-refractivity contribution in [2.75, 3.05) is 0 Å². The monoisotopic (exact) mass is 344 g/mol. The van der Waals surface area contributed by atoms with Gasteiger partial charge in [-0.3, -0.25) is 9.59 Å². The fourth-order valence-electron chi connectivity index (χ4n) is 5.30. The van der Waals surface area contributed by atoms with E-state index in [0.717, 1.165) is 61.6 Å². The van der Waals surface area contributed by atoms with Crippen LogP contribution in [0.25, 0.3) is 0 Å². The second-order valence-corrected chi connectivity index (χ2v) is 8.29. The number of aryl methyl sites for hydroxylation is 3. The van der Waals surface area contributed by atoms with Gasteiger partial charge in [0.2, 0.25) is 0 Å². The average molecular weight is 344 g/mol. The van der Waals surface area contributed by atoms with Gasteiger partial charge in [-0.05, 0) is 104 Å². The van der Waals surface area contributed by atoms with Crippen LogP contribution in [0.4, 0.5) is 0 Å². The van der Waals surface area contributed by atoms with Crippen LogP contribution in [-0.2, 0) is 38.5 Å². The van der Waals surface area contributed by atoms with Crippen LogP contribution in [0.3, 0.4) is 0 Å². The van der Waals surface area contributed by atoms with E-state index in [-0.39, 0.29) is 11.7 Å². The zero-order valence-corrected chi connectivity index (χ0v) is 15.4. The lowest BCUT2D eigenvalue weighted by Crippen LogP contribution is -2.13. The van der Waals surface area contributed by atoms with Crippen LogP contribution in [0.1, 0.15) is 73.9 Å². The van der Waals surface area contributed by atoms with E-state index in [9.17, 15) is 9.59 Å².